The summed E-state index contributed by atoms with van der Waals surface area (Å²) in [5.41, 5.74) is 0. The van der Waals surface area contributed by atoms with Gasteiger partial charge in [-0.1, -0.05) is 26.0 Å². The Morgan fingerprint density at radius 1 is 1.18 bits per heavy atom. The van der Waals surface area contributed by atoms with Crippen molar-refractivity contribution in [2.45, 2.75) is 58.0 Å². The van der Waals surface area contributed by atoms with Gasteiger partial charge in [-0.25, -0.2) is 0 Å². The zero-order chi connectivity index (χ0) is 15.9. The molecular formula is C17H24N2O3. The highest BCUT2D eigenvalue weighted by Crippen LogP contribution is 2.37. The molecule has 2 aliphatic carbocycles. The lowest BCUT2D eigenvalue weighted by molar-refractivity contribution is -0.148. The first-order chi connectivity index (χ1) is 10.5. The standard InChI is InChI=1S/C17H24N2O3/c1-10(2)9-14(15(20)18-11-7-8-11)19-16(21)12-5-3-4-6-13(12)17(19)22/h3-4,10-14H,5-9H2,1-2H3,(H,18,20)/t12-,13-,14-/m0/s1. The number of imide groups is 1. The Balaban J connectivity index is 1.81. The van der Waals surface area contributed by atoms with Gasteiger partial charge >= 0.3 is 0 Å². The number of carbonyl (C=O) groups excluding carboxylic acids is 3. The molecule has 0 aromatic carbocycles. The van der Waals surface area contributed by atoms with E-state index in [2.05, 4.69) is 5.32 Å². The van der Waals surface area contributed by atoms with Gasteiger partial charge in [-0.2, -0.15) is 0 Å². The van der Waals surface area contributed by atoms with Crippen LogP contribution in [0.3, 0.4) is 0 Å². The number of allylic oxidation sites excluding steroid dienone is 2. The number of nitrogens with zero attached hydrogens (tertiary/aromatic N) is 1. The molecule has 1 heterocycles. The van der Waals surface area contributed by atoms with Gasteiger partial charge < -0.3 is 5.32 Å². The summed E-state index contributed by atoms with van der Waals surface area (Å²) < 4.78 is 0. The first-order valence-corrected chi connectivity index (χ1v) is 8.31. The smallest absolute Gasteiger partial charge is 0.243 e. The summed E-state index contributed by atoms with van der Waals surface area (Å²) >= 11 is 0. The second-order valence-electron chi connectivity index (χ2n) is 7.13. The highest BCUT2D eigenvalue weighted by atomic mass is 16.2. The van der Waals surface area contributed by atoms with Gasteiger partial charge in [0.15, 0.2) is 0 Å². The van der Waals surface area contributed by atoms with Crippen LogP contribution in [0.4, 0.5) is 0 Å². The van der Waals surface area contributed by atoms with Crippen LogP contribution >= 0.6 is 0 Å². The number of rotatable bonds is 5. The molecule has 0 radical (unpaired) electrons. The van der Waals surface area contributed by atoms with Gasteiger partial charge in [-0.3, -0.25) is 19.3 Å². The van der Waals surface area contributed by atoms with E-state index in [9.17, 15) is 14.4 Å². The van der Waals surface area contributed by atoms with E-state index in [0.29, 0.717) is 19.3 Å². The quantitative estimate of drug-likeness (QED) is 0.620. The second-order valence-corrected chi connectivity index (χ2v) is 7.13. The molecule has 3 rings (SSSR count). The first-order valence-electron chi connectivity index (χ1n) is 8.31. The molecule has 22 heavy (non-hydrogen) atoms. The molecule has 1 N–H and O–H groups in total. The molecule has 0 spiro atoms. The average molecular weight is 304 g/mol. The Bertz CT molecular complexity index is 496. The SMILES string of the molecule is CC(C)C[C@@H](C(=O)NC1CC1)N1C(=O)[C@H]2CC=CC[C@@H]2C1=O. The molecular weight excluding hydrogens is 280 g/mol. The molecule has 3 atom stereocenters. The van der Waals surface area contributed by atoms with Crippen LogP contribution in [0, 0.1) is 17.8 Å². The molecule has 0 unspecified atom stereocenters. The summed E-state index contributed by atoms with van der Waals surface area (Å²) in [6.45, 7) is 4.02. The fourth-order valence-electron chi connectivity index (χ4n) is 3.43. The lowest BCUT2D eigenvalue weighted by Gasteiger charge is -2.27. The molecule has 1 aliphatic heterocycles. The van der Waals surface area contributed by atoms with Crippen molar-refractivity contribution in [3.63, 3.8) is 0 Å². The van der Waals surface area contributed by atoms with Crippen molar-refractivity contribution < 1.29 is 14.4 Å². The average Bonchev–Trinajstić information content (AvgIpc) is 3.25. The van der Waals surface area contributed by atoms with Gasteiger partial charge in [0.1, 0.15) is 6.04 Å². The molecule has 0 aromatic heterocycles. The van der Waals surface area contributed by atoms with Gasteiger partial charge in [0.2, 0.25) is 17.7 Å². The van der Waals surface area contributed by atoms with Crippen LogP contribution in [0.5, 0.6) is 0 Å². The summed E-state index contributed by atoms with van der Waals surface area (Å²) in [7, 11) is 0. The van der Waals surface area contributed by atoms with E-state index in [1.54, 1.807) is 0 Å². The Morgan fingerprint density at radius 2 is 1.73 bits per heavy atom. The van der Waals surface area contributed by atoms with Gasteiger partial charge in [-0.15, -0.1) is 0 Å². The van der Waals surface area contributed by atoms with Crippen LogP contribution < -0.4 is 5.32 Å². The third kappa shape index (κ3) is 2.81. The number of likely N-dealkylation sites (tertiary alicyclic amines) is 1. The molecule has 2 fully saturated rings. The van der Waals surface area contributed by atoms with E-state index in [-0.39, 0.29) is 41.5 Å². The van der Waals surface area contributed by atoms with Crippen LogP contribution in [0.2, 0.25) is 0 Å². The highest BCUT2D eigenvalue weighted by molar-refractivity contribution is 6.08. The van der Waals surface area contributed by atoms with E-state index >= 15 is 0 Å². The van der Waals surface area contributed by atoms with E-state index in [1.165, 1.54) is 4.90 Å². The normalized spacial score (nSPS) is 29.0. The molecule has 120 valence electrons. The Labute approximate surface area is 131 Å². The molecule has 1 saturated carbocycles. The van der Waals surface area contributed by atoms with Crippen LogP contribution in [-0.4, -0.2) is 34.7 Å². The molecule has 1 saturated heterocycles. The summed E-state index contributed by atoms with van der Waals surface area (Å²) in [4.78, 5) is 39.2. The number of nitrogens with one attached hydrogen (secondary N) is 1. The van der Waals surface area contributed by atoms with E-state index < -0.39 is 6.04 Å². The lowest BCUT2D eigenvalue weighted by Crippen LogP contribution is -2.51. The summed E-state index contributed by atoms with van der Waals surface area (Å²) in [5, 5.41) is 2.96. The number of fused-ring (bicyclic) bond motifs is 1. The van der Waals surface area contributed by atoms with Crippen LogP contribution in [0.1, 0.15) is 46.0 Å². The van der Waals surface area contributed by atoms with E-state index in [4.69, 9.17) is 0 Å². The minimum Gasteiger partial charge on any atom is -0.352 e. The topological polar surface area (TPSA) is 66.5 Å². The maximum absolute atomic E-state index is 12.7. The molecule has 0 bridgehead atoms. The van der Waals surface area contributed by atoms with Crippen molar-refractivity contribution in [3.8, 4) is 0 Å². The molecule has 3 aliphatic rings. The van der Waals surface area contributed by atoms with Crippen LogP contribution in [0.25, 0.3) is 0 Å². The Hall–Kier alpha value is -1.65. The van der Waals surface area contributed by atoms with Gasteiger partial charge in [0, 0.05) is 6.04 Å². The molecule has 5 nitrogen and oxygen atoms in total. The summed E-state index contributed by atoms with van der Waals surface area (Å²) in [6.07, 6.45) is 7.70. The Kier molecular flexibility index (Phi) is 4.06. The Morgan fingerprint density at radius 3 is 2.18 bits per heavy atom. The fraction of sp³-hybridized carbons (Fsp3) is 0.706. The van der Waals surface area contributed by atoms with Crippen molar-refractivity contribution >= 4 is 17.7 Å². The first kappa shape index (κ1) is 15.3. The molecule has 5 heteroatoms. The summed E-state index contributed by atoms with van der Waals surface area (Å²) in [5.74, 6) is -0.755. The third-order valence-corrected chi connectivity index (χ3v) is 4.77. The second kappa shape index (κ2) is 5.86. The zero-order valence-corrected chi connectivity index (χ0v) is 13.2. The highest BCUT2D eigenvalue weighted by Gasteiger charge is 2.51. The van der Waals surface area contributed by atoms with E-state index in [0.717, 1.165) is 12.8 Å². The van der Waals surface area contributed by atoms with Gasteiger partial charge in [0.05, 0.1) is 11.8 Å². The monoisotopic (exact) mass is 304 g/mol. The number of hydrogen-bond acceptors (Lipinski definition) is 3. The number of hydrogen-bond donors (Lipinski definition) is 1. The van der Waals surface area contributed by atoms with Gasteiger partial charge in [-0.05, 0) is 38.0 Å². The van der Waals surface area contributed by atoms with Crippen LogP contribution in [-0.2, 0) is 14.4 Å². The van der Waals surface area contributed by atoms with Gasteiger partial charge in [0.25, 0.3) is 0 Å². The maximum Gasteiger partial charge on any atom is 0.243 e. The van der Waals surface area contributed by atoms with Crippen molar-refractivity contribution in [2.24, 2.45) is 17.8 Å². The number of carbonyl (C=O) groups is 3. The lowest BCUT2D eigenvalue weighted by atomic mass is 9.85. The molecule has 3 amide bonds. The van der Waals surface area contributed by atoms with Crippen molar-refractivity contribution in [2.75, 3.05) is 0 Å². The van der Waals surface area contributed by atoms with Crippen LogP contribution in [0.15, 0.2) is 12.2 Å². The van der Waals surface area contributed by atoms with Crippen molar-refractivity contribution in [1.82, 2.24) is 10.2 Å². The summed E-state index contributed by atoms with van der Waals surface area (Å²) in [6, 6.07) is -0.412. The van der Waals surface area contributed by atoms with Crippen molar-refractivity contribution in [1.29, 1.82) is 0 Å². The minimum atomic E-state index is -0.647. The fourth-order valence-corrected chi connectivity index (χ4v) is 3.43. The molecule has 0 aromatic rings. The predicted molar refractivity (Wildman–Crippen MR) is 81.6 cm³/mol. The zero-order valence-electron chi connectivity index (χ0n) is 13.2. The number of amides is 3. The largest absolute Gasteiger partial charge is 0.352 e. The van der Waals surface area contributed by atoms with Crippen molar-refractivity contribution in [3.05, 3.63) is 12.2 Å². The maximum atomic E-state index is 12.7. The predicted octanol–water partition coefficient (Wildman–Crippen LogP) is 1.63. The third-order valence-electron chi connectivity index (χ3n) is 4.77. The minimum absolute atomic E-state index is 0.157. The van der Waals surface area contributed by atoms with E-state index in [1.807, 2.05) is 26.0 Å².